The van der Waals surface area contributed by atoms with Crippen molar-refractivity contribution in [3.63, 3.8) is 0 Å². The Morgan fingerprint density at radius 2 is 2.04 bits per heavy atom. The number of nitrogens with one attached hydrogen (secondary N) is 1. The molecule has 0 aliphatic carbocycles. The van der Waals surface area contributed by atoms with E-state index in [-0.39, 0.29) is 12.6 Å². The van der Waals surface area contributed by atoms with Crippen molar-refractivity contribution in [3.05, 3.63) is 65.9 Å². The van der Waals surface area contributed by atoms with Crippen molar-refractivity contribution in [2.24, 2.45) is 0 Å². The van der Waals surface area contributed by atoms with Gasteiger partial charge in [-0.05, 0) is 23.8 Å². The molecule has 1 amide bonds. The molecule has 0 unspecified atom stereocenters. The summed E-state index contributed by atoms with van der Waals surface area (Å²) < 4.78 is 5.11. The average Bonchev–Trinajstić information content (AvgIpc) is 2.60. The van der Waals surface area contributed by atoms with Crippen LogP contribution in [-0.4, -0.2) is 16.1 Å². The van der Waals surface area contributed by atoms with Crippen molar-refractivity contribution in [1.82, 2.24) is 9.97 Å². The Kier molecular flexibility index (Phi) is 4.11. The van der Waals surface area contributed by atoms with Gasteiger partial charge in [0.05, 0.1) is 17.1 Å². The lowest BCUT2D eigenvalue weighted by Gasteiger charge is -2.06. The van der Waals surface area contributed by atoms with Gasteiger partial charge in [0, 0.05) is 11.6 Å². The van der Waals surface area contributed by atoms with Gasteiger partial charge >= 0.3 is 6.09 Å². The van der Waals surface area contributed by atoms with E-state index in [2.05, 4.69) is 21.4 Å². The van der Waals surface area contributed by atoms with Gasteiger partial charge < -0.3 is 4.74 Å². The van der Waals surface area contributed by atoms with Crippen molar-refractivity contribution in [2.75, 3.05) is 5.32 Å². The van der Waals surface area contributed by atoms with Gasteiger partial charge in [0.15, 0.2) is 0 Å². The van der Waals surface area contributed by atoms with Crippen LogP contribution in [0, 0.1) is 11.3 Å². The molecule has 0 saturated carbocycles. The molecule has 0 fully saturated rings. The summed E-state index contributed by atoms with van der Waals surface area (Å²) in [5.41, 5.74) is 2.06. The van der Waals surface area contributed by atoms with Gasteiger partial charge in [0.25, 0.3) is 0 Å². The predicted octanol–water partition coefficient (Wildman–Crippen LogP) is 3.25. The van der Waals surface area contributed by atoms with E-state index < -0.39 is 6.09 Å². The molecular formula is C17H12N4O2. The molecule has 3 rings (SSSR count). The minimum absolute atomic E-state index is 0.153. The van der Waals surface area contributed by atoms with E-state index in [0.29, 0.717) is 11.1 Å². The van der Waals surface area contributed by atoms with Gasteiger partial charge in [0.2, 0.25) is 5.95 Å². The summed E-state index contributed by atoms with van der Waals surface area (Å²) in [5, 5.41) is 12.1. The molecule has 112 valence electrons. The van der Waals surface area contributed by atoms with Crippen LogP contribution in [0.4, 0.5) is 10.7 Å². The van der Waals surface area contributed by atoms with Gasteiger partial charge in [-0.2, -0.15) is 5.26 Å². The second-order valence-electron chi connectivity index (χ2n) is 4.77. The first-order chi connectivity index (χ1) is 11.2. The number of anilines is 1. The predicted molar refractivity (Wildman–Crippen MR) is 84.5 cm³/mol. The smallest absolute Gasteiger partial charge is 0.414 e. The summed E-state index contributed by atoms with van der Waals surface area (Å²) in [5.74, 6) is 0.153. The largest absolute Gasteiger partial charge is 0.444 e. The first-order valence-electron chi connectivity index (χ1n) is 6.89. The molecule has 0 aliphatic rings. The zero-order valence-electron chi connectivity index (χ0n) is 12.1. The molecule has 1 N–H and O–H groups in total. The van der Waals surface area contributed by atoms with Gasteiger partial charge in [-0.25, -0.2) is 14.8 Å². The van der Waals surface area contributed by atoms with Crippen LogP contribution in [0.2, 0.25) is 0 Å². The highest BCUT2D eigenvalue weighted by Crippen LogP contribution is 2.14. The monoisotopic (exact) mass is 304 g/mol. The van der Waals surface area contributed by atoms with Crippen LogP contribution in [0.25, 0.3) is 10.9 Å². The summed E-state index contributed by atoms with van der Waals surface area (Å²) in [6.07, 6.45) is 0.928. The Hall–Kier alpha value is -3.46. The van der Waals surface area contributed by atoms with E-state index in [1.165, 1.54) is 0 Å². The van der Waals surface area contributed by atoms with E-state index in [0.717, 1.165) is 10.9 Å². The Balaban J connectivity index is 1.66. The molecule has 0 atom stereocenters. The molecule has 0 spiro atoms. The zero-order chi connectivity index (χ0) is 16.1. The van der Waals surface area contributed by atoms with Gasteiger partial charge in [-0.15, -0.1) is 0 Å². The van der Waals surface area contributed by atoms with E-state index in [1.807, 2.05) is 30.3 Å². The number of nitrogens with zero attached hydrogens (tertiary/aromatic N) is 3. The number of fused-ring (bicyclic) bond motifs is 1. The maximum absolute atomic E-state index is 11.8. The van der Waals surface area contributed by atoms with Gasteiger partial charge in [0.1, 0.15) is 6.61 Å². The number of amides is 1. The molecule has 3 aromatic rings. The van der Waals surface area contributed by atoms with Crippen LogP contribution in [0.3, 0.4) is 0 Å². The van der Waals surface area contributed by atoms with Crippen molar-refractivity contribution in [1.29, 1.82) is 5.26 Å². The number of carbonyl (C=O) groups is 1. The van der Waals surface area contributed by atoms with E-state index >= 15 is 0 Å². The molecule has 0 bridgehead atoms. The lowest BCUT2D eigenvalue weighted by atomic mass is 10.2. The lowest BCUT2D eigenvalue weighted by Crippen LogP contribution is -2.15. The summed E-state index contributed by atoms with van der Waals surface area (Å²) in [6, 6.07) is 16.5. The fourth-order valence-electron chi connectivity index (χ4n) is 2.01. The number of nitriles is 1. The molecule has 0 saturated heterocycles. The minimum atomic E-state index is -0.623. The van der Waals surface area contributed by atoms with Crippen molar-refractivity contribution < 1.29 is 9.53 Å². The van der Waals surface area contributed by atoms with Gasteiger partial charge in [-0.3, -0.25) is 5.32 Å². The summed E-state index contributed by atoms with van der Waals surface area (Å²) in [6.45, 7) is 0.172. The fourth-order valence-corrected chi connectivity index (χ4v) is 2.01. The summed E-state index contributed by atoms with van der Waals surface area (Å²) in [4.78, 5) is 20.0. The highest BCUT2D eigenvalue weighted by Gasteiger charge is 2.07. The Labute approximate surface area is 132 Å². The molecular weight excluding hydrogens is 292 g/mol. The highest BCUT2D eigenvalue weighted by molar-refractivity contribution is 5.85. The Bertz CT molecular complexity index is 888. The molecule has 0 radical (unpaired) electrons. The molecule has 23 heavy (non-hydrogen) atoms. The zero-order valence-corrected chi connectivity index (χ0v) is 12.1. The van der Waals surface area contributed by atoms with E-state index in [9.17, 15) is 4.79 Å². The highest BCUT2D eigenvalue weighted by atomic mass is 16.5. The number of hydrogen-bond donors (Lipinski definition) is 1. The fraction of sp³-hybridized carbons (Fsp3) is 0.0588. The van der Waals surface area contributed by atoms with Crippen molar-refractivity contribution in [2.45, 2.75) is 6.61 Å². The maximum atomic E-state index is 11.8. The van der Waals surface area contributed by atoms with E-state index in [1.54, 1.807) is 24.4 Å². The van der Waals surface area contributed by atoms with Crippen LogP contribution in [0.15, 0.2) is 54.7 Å². The van der Waals surface area contributed by atoms with Crippen LogP contribution in [-0.2, 0) is 11.3 Å². The number of rotatable bonds is 3. The first-order valence-corrected chi connectivity index (χ1v) is 6.89. The third kappa shape index (κ3) is 3.60. The quantitative estimate of drug-likeness (QED) is 0.802. The summed E-state index contributed by atoms with van der Waals surface area (Å²) in [7, 11) is 0. The molecule has 0 aliphatic heterocycles. The van der Waals surface area contributed by atoms with Crippen LogP contribution >= 0.6 is 0 Å². The molecule has 1 aromatic heterocycles. The molecule has 6 nitrogen and oxygen atoms in total. The summed E-state index contributed by atoms with van der Waals surface area (Å²) >= 11 is 0. The van der Waals surface area contributed by atoms with Crippen LogP contribution < -0.4 is 5.32 Å². The third-order valence-electron chi connectivity index (χ3n) is 3.14. The first kappa shape index (κ1) is 14.5. The van der Waals surface area contributed by atoms with Crippen LogP contribution in [0.5, 0.6) is 0 Å². The van der Waals surface area contributed by atoms with Crippen molar-refractivity contribution >= 4 is 22.9 Å². The van der Waals surface area contributed by atoms with Crippen LogP contribution in [0.1, 0.15) is 11.1 Å². The molecule has 6 heteroatoms. The number of carbonyl (C=O) groups excluding carboxylic acids is 1. The van der Waals surface area contributed by atoms with E-state index in [4.69, 9.17) is 10.00 Å². The van der Waals surface area contributed by atoms with Gasteiger partial charge in [-0.1, -0.05) is 30.3 Å². The maximum Gasteiger partial charge on any atom is 0.414 e. The number of ether oxygens (including phenoxy) is 1. The third-order valence-corrected chi connectivity index (χ3v) is 3.14. The Morgan fingerprint density at radius 1 is 1.22 bits per heavy atom. The second-order valence-corrected chi connectivity index (χ2v) is 4.77. The standard InChI is InChI=1S/C17H12N4O2/c18-9-13-6-7-15-14(8-13)10-19-16(20-15)21-17(22)23-11-12-4-2-1-3-5-12/h1-8,10H,11H2,(H,19,20,21,22). The second kappa shape index (κ2) is 6.54. The number of benzene rings is 2. The Morgan fingerprint density at radius 3 is 2.83 bits per heavy atom. The molecule has 1 heterocycles. The minimum Gasteiger partial charge on any atom is -0.444 e. The van der Waals surface area contributed by atoms with Crippen molar-refractivity contribution in [3.8, 4) is 6.07 Å². The molecule has 2 aromatic carbocycles. The lowest BCUT2D eigenvalue weighted by molar-refractivity contribution is 0.155. The normalized spacial score (nSPS) is 10.0. The number of aromatic nitrogens is 2. The average molecular weight is 304 g/mol. The number of hydrogen-bond acceptors (Lipinski definition) is 5. The SMILES string of the molecule is N#Cc1ccc2nc(NC(=O)OCc3ccccc3)ncc2c1. The topological polar surface area (TPSA) is 87.9 Å².